The van der Waals surface area contributed by atoms with E-state index in [0.717, 1.165) is 11.2 Å². The van der Waals surface area contributed by atoms with Crippen LogP contribution in [0.2, 0.25) is 0 Å². The first-order valence-electron chi connectivity index (χ1n) is 4.98. The van der Waals surface area contributed by atoms with Crippen molar-refractivity contribution < 1.29 is 4.79 Å². The Balaban J connectivity index is 2.24. The van der Waals surface area contributed by atoms with Gasteiger partial charge in [0, 0.05) is 22.2 Å². The Labute approximate surface area is 102 Å². The highest BCUT2D eigenvalue weighted by atomic mass is 32.2. The van der Waals surface area contributed by atoms with Crippen LogP contribution in [0, 0.1) is 6.92 Å². The lowest BCUT2D eigenvalue weighted by Gasteiger charge is -2.01. The third-order valence-electron chi connectivity index (χ3n) is 2.08. The molecule has 0 saturated carbocycles. The zero-order valence-electron chi connectivity index (χ0n) is 9.14. The van der Waals surface area contributed by atoms with E-state index in [9.17, 15) is 9.59 Å². The standard InChI is InChI=1S/C12H10N2O2S/c1-8-6-11(16)14-12(13-8)17-10-4-2-9(7-15)3-5-10/h2-7H,1H3,(H,13,14,16). The van der Waals surface area contributed by atoms with Crippen molar-refractivity contribution >= 4 is 18.0 Å². The van der Waals surface area contributed by atoms with Gasteiger partial charge in [-0.05, 0) is 19.1 Å². The number of carbonyl (C=O) groups excluding carboxylic acids is 1. The highest BCUT2D eigenvalue weighted by Gasteiger charge is 2.01. The summed E-state index contributed by atoms with van der Waals surface area (Å²) in [7, 11) is 0. The molecule has 4 nitrogen and oxygen atoms in total. The van der Waals surface area contributed by atoms with Crippen molar-refractivity contribution in [3.05, 3.63) is 51.9 Å². The minimum atomic E-state index is -0.162. The third-order valence-corrected chi connectivity index (χ3v) is 2.97. The lowest BCUT2D eigenvalue weighted by atomic mass is 10.2. The first-order valence-corrected chi connectivity index (χ1v) is 5.80. The normalized spacial score (nSPS) is 10.2. The largest absolute Gasteiger partial charge is 0.301 e. The van der Waals surface area contributed by atoms with Gasteiger partial charge in [0.25, 0.3) is 5.56 Å². The molecule has 0 fully saturated rings. The van der Waals surface area contributed by atoms with Gasteiger partial charge in [0.05, 0.1) is 0 Å². The van der Waals surface area contributed by atoms with Crippen molar-refractivity contribution in [2.24, 2.45) is 0 Å². The monoisotopic (exact) mass is 246 g/mol. The van der Waals surface area contributed by atoms with Gasteiger partial charge in [0.2, 0.25) is 0 Å². The Morgan fingerprint density at radius 1 is 1.29 bits per heavy atom. The molecule has 5 heteroatoms. The maximum Gasteiger partial charge on any atom is 0.251 e. The second kappa shape index (κ2) is 4.97. The van der Waals surface area contributed by atoms with Crippen LogP contribution in [0.5, 0.6) is 0 Å². The summed E-state index contributed by atoms with van der Waals surface area (Å²) in [6.07, 6.45) is 0.793. The summed E-state index contributed by atoms with van der Waals surface area (Å²) in [5.74, 6) is 0. The van der Waals surface area contributed by atoms with E-state index in [1.54, 1.807) is 19.1 Å². The molecule has 1 aromatic carbocycles. The summed E-state index contributed by atoms with van der Waals surface area (Å²) >= 11 is 1.35. The average molecular weight is 246 g/mol. The van der Waals surface area contributed by atoms with Crippen molar-refractivity contribution in [3.8, 4) is 0 Å². The number of nitrogens with one attached hydrogen (secondary N) is 1. The number of hydrogen-bond donors (Lipinski definition) is 1. The Hall–Kier alpha value is -1.88. The van der Waals surface area contributed by atoms with Crippen molar-refractivity contribution in [2.75, 3.05) is 0 Å². The number of carbonyl (C=O) groups is 1. The third kappa shape index (κ3) is 3.04. The molecule has 86 valence electrons. The Bertz CT molecular complexity index is 590. The minimum Gasteiger partial charge on any atom is -0.301 e. The second-order valence-corrected chi connectivity index (χ2v) is 4.54. The van der Waals surface area contributed by atoms with E-state index >= 15 is 0 Å². The fourth-order valence-corrected chi connectivity index (χ4v) is 2.16. The molecule has 1 heterocycles. The van der Waals surface area contributed by atoms with E-state index in [-0.39, 0.29) is 5.56 Å². The molecule has 0 spiro atoms. The molecule has 0 bridgehead atoms. The molecular formula is C12H10N2O2S. The molecule has 1 aromatic heterocycles. The summed E-state index contributed by atoms with van der Waals surface area (Å²) in [6, 6.07) is 8.53. The maximum atomic E-state index is 11.2. The summed E-state index contributed by atoms with van der Waals surface area (Å²) in [4.78, 5) is 29.5. The molecule has 0 atom stereocenters. The predicted octanol–water partition coefficient (Wildman–Crippen LogP) is 2.04. The molecular weight excluding hydrogens is 236 g/mol. The molecule has 2 rings (SSSR count). The second-order valence-electron chi connectivity index (χ2n) is 3.48. The molecule has 0 aliphatic rings. The van der Waals surface area contributed by atoms with Gasteiger partial charge in [-0.2, -0.15) is 0 Å². The fourth-order valence-electron chi connectivity index (χ4n) is 1.33. The number of aromatic nitrogens is 2. The van der Waals surface area contributed by atoms with Crippen LogP contribution in [0.25, 0.3) is 0 Å². The molecule has 1 N–H and O–H groups in total. The number of aryl methyl sites for hydroxylation is 1. The number of hydrogen-bond acceptors (Lipinski definition) is 4. The number of H-pyrrole nitrogens is 1. The number of aromatic amines is 1. The molecule has 0 unspecified atom stereocenters. The summed E-state index contributed by atoms with van der Waals surface area (Å²) in [5.41, 5.74) is 1.14. The van der Waals surface area contributed by atoms with Crippen LogP contribution in [0.4, 0.5) is 0 Å². The number of benzene rings is 1. The van der Waals surface area contributed by atoms with Gasteiger partial charge in [-0.1, -0.05) is 23.9 Å². The zero-order valence-corrected chi connectivity index (χ0v) is 9.95. The van der Waals surface area contributed by atoms with Gasteiger partial charge in [0.15, 0.2) is 5.16 Å². The predicted molar refractivity (Wildman–Crippen MR) is 65.5 cm³/mol. The van der Waals surface area contributed by atoms with Crippen molar-refractivity contribution in [2.45, 2.75) is 17.0 Å². The topological polar surface area (TPSA) is 62.8 Å². The van der Waals surface area contributed by atoms with Gasteiger partial charge in [-0.15, -0.1) is 0 Å². The van der Waals surface area contributed by atoms with E-state index in [2.05, 4.69) is 9.97 Å². The summed E-state index contributed by atoms with van der Waals surface area (Å²) < 4.78 is 0. The number of aldehydes is 1. The van der Waals surface area contributed by atoms with Crippen molar-refractivity contribution in [3.63, 3.8) is 0 Å². The van der Waals surface area contributed by atoms with Gasteiger partial charge >= 0.3 is 0 Å². The minimum absolute atomic E-state index is 0.162. The Morgan fingerprint density at radius 3 is 2.59 bits per heavy atom. The number of nitrogens with zero attached hydrogens (tertiary/aromatic N) is 1. The molecule has 0 radical (unpaired) electrons. The van der Waals surface area contributed by atoms with Gasteiger partial charge in [-0.3, -0.25) is 9.59 Å². The van der Waals surface area contributed by atoms with E-state index in [4.69, 9.17) is 0 Å². The van der Waals surface area contributed by atoms with E-state index < -0.39 is 0 Å². The highest BCUT2D eigenvalue weighted by Crippen LogP contribution is 2.23. The van der Waals surface area contributed by atoms with Crippen LogP contribution in [0.15, 0.2) is 45.2 Å². The van der Waals surface area contributed by atoms with Gasteiger partial charge in [0.1, 0.15) is 6.29 Å². The first kappa shape index (κ1) is 11.6. The van der Waals surface area contributed by atoms with Crippen LogP contribution < -0.4 is 5.56 Å². The van der Waals surface area contributed by atoms with Crippen LogP contribution in [-0.4, -0.2) is 16.3 Å². The molecule has 2 aromatic rings. The fraction of sp³-hybridized carbons (Fsp3) is 0.0833. The molecule has 0 aliphatic carbocycles. The van der Waals surface area contributed by atoms with Gasteiger partial charge < -0.3 is 4.98 Å². The van der Waals surface area contributed by atoms with Crippen LogP contribution in [-0.2, 0) is 0 Å². The smallest absolute Gasteiger partial charge is 0.251 e. The Kier molecular flexibility index (Phi) is 3.39. The summed E-state index contributed by atoms with van der Waals surface area (Å²) in [5, 5.41) is 0.550. The number of rotatable bonds is 3. The van der Waals surface area contributed by atoms with Crippen molar-refractivity contribution in [1.82, 2.24) is 9.97 Å². The quantitative estimate of drug-likeness (QED) is 0.665. The maximum absolute atomic E-state index is 11.2. The van der Waals surface area contributed by atoms with Gasteiger partial charge in [-0.25, -0.2) is 4.98 Å². The summed E-state index contributed by atoms with van der Waals surface area (Å²) in [6.45, 7) is 1.77. The average Bonchev–Trinajstić information content (AvgIpc) is 2.28. The molecule has 0 saturated heterocycles. The molecule has 0 aliphatic heterocycles. The van der Waals surface area contributed by atoms with Crippen LogP contribution in [0.3, 0.4) is 0 Å². The highest BCUT2D eigenvalue weighted by molar-refractivity contribution is 7.99. The zero-order chi connectivity index (χ0) is 12.3. The van der Waals surface area contributed by atoms with Crippen LogP contribution in [0.1, 0.15) is 16.1 Å². The first-order chi connectivity index (χ1) is 8.17. The lowest BCUT2D eigenvalue weighted by molar-refractivity contribution is 0.112. The molecule has 0 amide bonds. The Morgan fingerprint density at radius 2 is 2.00 bits per heavy atom. The van der Waals surface area contributed by atoms with Crippen LogP contribution >= 0.6 is 11.8 Å². The molecule has 17 heavy (non-hydrogen) atoms. The van der Waals surface area contributed by atoms with E-state index in [0.29, 0.717) is 16.4 Å². The van der Waals surface area contributed by atoms with E-state index in [1.807, 2.05) is 12.1 Å². The SMILES string of the molecule is Cc1cc(=O)[nH]c(Sc2ccc(C=O)cc2)n1. The lowest BCUT2D eigenvalue weighted by Crippen LogP contribution is -2.07. The van der Waals surface area contributed by atoms with E-state index in [1.165, 1.54) is 17.8 Å². The van der Waals surface area contributed by atoms with Crippen molar-refractivity contribution in [1.29, 1.82) is 0 Å².